The Morgan fingerprint density at radius 3 is 2.44 bits per heavy atom. The Morgan fingerprint density at radius 1 is 0.974 bits per heavy atom. The first kappa shape index (κ1) is 28.1. The minimum atomic E-state index is -4.05. The molecule has 10 nitrogen and oxygen atoms in total. The first-order chi connectivity index (χ1) is 18.8. The number of aromatic nitrogens is 2. The van der Waals surface area contributed by atoms with E-state index in [9.17, 15) is 13.2 Å². The van der Waals surface area contributed by atoms with Gasteiger partial charge in [0.1, 0.15) is 5.75 Å². The molecule has 0 saturated heterocycles. The minimum Gasteiger partial charge on any atom is -0.497 e. The predicted octanol–water partition coefficient (Wildman–Crippen LogP) is 4.88. The van der Waals surface area contributed by atoms with E-state index >= 15 is 0 Å². The smallest absolute Gasteiger partial charge is 0.307 e. The fourth-order valence-corrected chi connectivity index (χ4v) is 4.92. The molecule has 3 N–H and O–H groups in total. The number of carbonyl (C=O) groups excluding carboxylic acids is 1. The molecule has 0 saturated carbocycles. The molecule has 204 valence electrons. The molecular weight excluding hydrogens is 542 g/mol. The number of hydrogen-bond donors (Lipinski definition) is 3. The van der Waals surface area contributed by atoms with Gasteiger partial charge in [0.2, 0.25) is 0 Å². The molecule has 1 aromatic heterocycles. The molecule has 4 rings (SSSR count). The lowest BCUT2D eigenvalue weighted by Gasteiger charge is -2.15. The van der Waals surface area contributed by atoms with Crippen LogP contribution in [0.15, 0.2) is 71.6 Å². The molecular formula is C27H28ClN5O5S. The maximum Gasteiger partial charge on any atom is 0.307 e. The summed E-state index contributed by atoms with van der Waals surface area (Å²) in [6.07, 6.45) is 0.223. The largest absolute Gasteiger partial charge is 0.497 e. The summed E-state index contributed by atoms with van der Waals surface area (Å²) in [7, 11) is -2.51. The number of halogens is 1. The monoisotopic (exact) mass is 569 g/mol. The van der Waals surface area contributed by atoms with Gasteiger partial charge in [-0.2, -0.15) is 0 Å². The lowest BCUT2D eigenvalue weighted by Crippen LogP contribution is -2.20. The molecule has 3 aromatic carbocycles. The van der Waals surface area contributed by atoms with E-state index in [0.717, 1.165) is 5.56 Å². The van der Waals surface area contributed by atoms with Crippen LogP contribution in [0.1, 0.15) is 18.9 Å². The number of ether oxygens (including phenoxy) is 2. The number of benzene rings is 3. The molecule has 0 unspecified atom stereocenters. The van der Waals surface area contributed by atoms with Crippen LogP contribution in [0.5, 0.6) is 5.75 Å². The van der Waals surface area contributed by atoms with E-state index in [4.69, 9.17) is 21.1 Å². The number of methoxy groups -OCH3 is 1. The van der Waals surface area contributed by atoms with Crippen LogP contribution in [-0.4, -0.2) is 44.6 Å². The Kier molecular flexibility index (Phi) is 9.18. The minimum absolute atomic E-state index is 0.00514. The zero-order chi connectivity index (χ0) is 27.8. The third kappa shape index (κ3) is 7.34. The molecule has 39 heavy (non-hydrogen) atoms. The average Bonchev–Trinajstić information content (AvgIpc) is 2.93. The fraction of sp³-hybridized carbons (Fsp3) is 0.222. The van der Waals surface area contributed by atoms with Crippen molar-refractivity contribution in [3.05, 3.63) is 77.3 Å². The van der Waals surface area contributed by atoms with Crippen molar-refractivity contribution in [1.82, 2.24) is 15.3 Å². The third-order valence-electron chi connectivity index (χ3n) is 5.58. The van der Waals surface area contributed by atoms with E-state index in [-0.39, 0.29) is 28.9 Å². The Labute approximate surface area is 231 Å². The average molecular weight is 570 g/mol. The molecule has 0 aliphatic carbocycles. The number of para-hydroxylation sites is 2. The van der Waals surface area contributed by atoms with Crippen LogP contribution < -0.4 is 20.1 Å². The van der Waals surface area contributed by atoms with Crippen LogP contribution in [0.25, 0.3) is 11.0 Å². The molecule has 0 bridgehead atoms. The van der Waals surface area contributed by atoms with Crippen molar-refractivity contribution in [3.8, 4) is 5.75 Å². The van der Waals surface area contributed by atoms with Gasteiger partial charge in [-0.05, 0) is 48.9 Å². The number of anilines is 3. The predicted molar refractivity (Wildman–Crippen MR) is 151 cm³/mol. The quantitative estimate of drug-likeness (QED) is 0.161. The van der Waals surface area contributed by atoms with Crippen molar-refractivity contribution in [2.24, 2.45) is 0 Å². The molecule has 4 aromatic rings. The summed E-state index contributed by atoms with van der Waals surface area (Å²) >= 11 is 6.37. The standard InChI is InChI=1S/C27H28ClN5O5S/c1-3-38-25(34)13-14-29-17-18-7-6-8-20(15-18)39(35,36)33-27-26(30-22-9-4-5-10-23(22)31-27)32-24-16-19(37-2)11-12-21(24)28/h4-12,15-16,29H,3,13-14,17H2,1-2H3,(H,30,32)(H,31,33). The van der Waals surface area contributed by atoms with Crippen molar-refractivity contribution in [2.45, 2.75) is 24.8 Å². The molecule has 0 atom stereocenters. The van der Waals surface area contributed by atoms with E-state index in [1.54, 1.807) is 61.5 Å². The number of hydrogen-bond acceptors (Lipinski definition) is 9. The highest BCUT2D eigenvalue weighted by molar-refractivity contribution is 7.92. The van der Waals surface area contributed by atoms with Gasteiger partial charge in [-0.1, -0.05) is 35.9 Å². The van der Waals surface area contributed by atoms with Crippen molar-refractivity contribution >= 4 is 56.0 Å². The molecule has 0 radical (unpaired) electrons. The Balaban J connectivity index is 1.59. The summed E-state index contributed by atoms with van der Waals surface area (Å²) in [5.41, 5.74) is 2.28. The van der Waals surface area contributed by atoms with Crippen molar-refractivity contribution in [3.63, 3.8) is 0 Å². The van der Waals surface area contributed by atoms with Crippen LogP contribution >= 0.6 is 11.6 Å². The van der Waals surface area contributed by atoms with E-state index in [2.05, 4.69) is 25.3 Å². The normalized spacial score (nSPS) is 11.3. The van der Waals surface area contributed by atoms with Crippen LogP contribution in [0, 0.1) is 0 Å². The number of carbonyl (C=O) groups is 1. The van der Waals surface area contributed by atoms with E-state index in [1.165, 1.54) is 13.2 Å². The topological polar surface area (TPSA) is 132 Å². The molecule has 0 aliphatic heterocycles. The van der Waals surface area contributed by atoms with Gasteiger partial charge in [0.15, 0.2) is 11.6 Å². The van der Waals surface area contributed by atoms with Gasteiger partial charge in [0.25, 0.3) is 10.0 Å². The van der Waals surface area contributed by atoms with Gasteiger partial charge in [0, 0.05) is 19.2 Å². The van der Waals surface area contributed by atoms with Crippen molar-refractivity contribution in [2.75, 3.05) is 30.3 Å². The zero-order valence-electron chi connectivity index (χ0n) is 21.4. The fourth-order valence-electron chi connectivity index (χ4n) is 3.68. The van der Waals surface area contributed by atoms with Gasteiger partial charge in [-0.15, -0.1) is 0 Å². The maximum atomic E-state index is 13.4. The number of rotatable bonds is 12. The van der Waals surface area contributed by atoms with Crippen LogP contribution in [0.2, 0.25) is 5.02 Å². The maximum absolute atomic E-state index is 13.4. The summed E-state index contributed by atoms with van der Waals surface area (Å²) in [4.78, 5) is 20.7. The number of nitrogens with one attached hydrogen (secondary N) is 3. The first-order valence-electron chi connectivity index (χ1n) is 12.1. The van der Waals surface area contributed by atoms with Gasteiger partial charge >= 0.3 is 5.97 Å². The summed E-state index contributed by atoms with van der Waals surface area (Å²) in [6.45, 7) is 2.86. The molecule has 0 amide bonds. The number of fused-ring (bicyclic) bond motifs is 1. The summed E-state index contributed by atoms with van der Waals surface area (Å²) in [5, 5.41) is 6.60. The summed E-state index contributed by atoms with van der Waals surface area (Å²) in [6, 6.07) is 18.7. The van der Waals surface area contributed by atoms with Crippen LogP contribution in [0.3, 0.4) is 0 Å². The van der Waals surface area contributed by atoms with Gasteiger partial charge in [0.05, 0.1) is 46.8 Å². The van der Waals surface area contributed by atoms with Crippen molar-refractivity contribution < 1.29 is 22.7 Å². The second-order valence-electron chi connectivity index (χ2n) is 8.37. The highest BCUT2D eigenvalue weighted by atomic mass is 35.5. The molecule has 1 heterocycles. The molecule has 12 heteroatoms. The highest BCUT2D eigenvalue weighted by Crippen LogP contribution is 2.32. The highest BCUT2D eigenvalue weighted by Gasteiger charge is 2.20. The second-order valence-corrected chi connectivity index (χ2v) is 10.5. The Bertz CT molecular complexity index is 1580. The second kappa shape index (κ2) is 12.7. The molecule has 0 aliphatic rings. The van der Waals surface area contributed by atoms with Gasteiger partial charge in [-0.25, -0.2) is 18.4 Å². The zero-order valence-corrected chi connectivity index (χ0v) is 23.0. The van der Waals surface area contributed by atoms with E-state index in [1.807, 2.05) is 6.07 Å². The molecule has 0 fully saturated rings. The van der Waals surface area contributed by atoms with Crippen molar-refractivity contribution in [1.29, 1.82) is 0 Å². The summed E-state index contributed by atoms with van der Waals surface area (Å²) in [5.74, 6) is 0.446. The Morgan fingerprint density at radius 2 is 1.72 bits per heavy atom. The Hall–Kier alpha value is -3.93. The SMILES string of the molecule is CCOC(=O)CCNCc1cccc(S(=O)(=O)Nc2nc3ccccc3nc2Nc2cc(OC)ccc2Cl)c1. The molecule has 0 spiro atoms. The lowest BCUT2D eigenvalue weighted by atomic mass is 10.2. The number of sulfonamides is 1. The lowest BCUT2D eigenvalue weighted by molar-refractivity contribution is -0.142. The summed E-state index contributed by atoms with van der Waals surface area (Å²) < 4.78 is 39.6. The van der Waals surface area contributed by atoms with E-state index < -0.39 is 10.0 Å². The number of esters is 1. The van der Waals surface area contributed by atoms with Crippen LogP contribution in [0.4, 0.5) is 17.3 Å². The van der Waals surface area contributed by atoms with Crippen LogP contribution in [-0.2, 0) is 26.1 Å². The van der Waals surface area contributed by atoms with Gasteiger partial charge in [-0.3, -0.25) is 9.52 Å². The first-order valence-corrected chi connectivity index (χ1v) is 14.0. The number of nitrogens with zero attached hydrogens (tertiary/aromatic N) is 2. The van der Waals surface area contributed by atoms with E-state index in [0.29, 0.717) is 47.2 Å². The van der Waals surface area contributed by atoms with Gasteiger partial charge < -0.3 is 20.1 Å². The third-order valence-corrected chi connectivity index (χ3v) is 7.24.